The van der Waals surface area contributed by atoms with Crippen molar-refractivity contribution < 1.29 is 24.2 Å². The molecular formula is C25H29N5O5S. The summed E-state index contributed by atoms with van der Waals surface area (Å²) in [6.45, 7) is 7.57. The minimum atomic E-state index is -0.816. The lowest BCUT2D eigenvalue weighted by atomic mass is 9.71. The number of ether oxygens (including phenoxy) is 1. The van der Waals surface area contributed by atoms with Gasteiger partial charge in [-0.2, -0.15) is 0 Å². The Morgan fingerprint density at radius 2 is 2.11 bits per heavy atom. The van der Waals surface area contributed by atoms with E-state index in [4.69, 9.17) is 4.74 Å². The lowest BCUT2D eigenvalue weighted by molar-refractivity contribution is -0.153. The first-order valence-electron chi connectivity index (χ1n) is 12.0. The third-order valence-corrected chi connectivity index (χ3v) is 9.33. The first-order valence-corrected chi connectivity index (χ1v) is 12.9. The molecule has 3 fully saturated rings. The van der Waals surface area contributed by atoms with Gasteiger partial charge in [-0.15, -0.1) is 23.4 Å². The Labute approximate surface area is 212 Å². The second kappa shape index (κ2) is 9.70. The van der Waals surface area contributed by atoms with Gasteiger partial charge in [0, 0.05) is 18.3 Å². The predicted molar refractivity (Wildman–Crippen MR) is 134 cm³/mol. The molecule has 1 aromatic heterocycles. The number of carbonyl (C=O) groups is 3. The van der Waals surface area contributed by atoms with Crippen molar-refractivity contribution in [2.45, 2.75) is 35.5 Å². The van der Waals surface area contributed by atoms with Crippen molar-refractivity contribution in [3.63, 3.8) is 0 Å². The van der Waals surface area contributed by atoms with Crippen molar-refractivity contribution in [3.8, 4) is 0 Å². The number of nitrogens with zero attached hydrogens (tertiary/aromatic N) is 5. The molecule has 10 nitrogen and oxygen atoms in total. The summed E-state index contributed by atoms with van der Waals surface area (Å²) in [5.74, 6) is -2.25. The summed E-state index contributed by atoms with van der Waals surface area (Å²) >= 11 is 1.56. The molecule has 1 aromatic carbocycles. The van der Waals surface area contributed by atoms with E-state index in [-0.39, 0.29) is 50.0 Å². The van der Waals surface area contributed by atoms with Crippen molar-refractivity contribution in [1.29, 1.82) is 0 Å². The van der Waals surface area contributed by atoms with Gasteiger partial charge in [0.1, 0.15) is 24.8 Å². The monoisotopic (exact) mass is 511 g/mol. The Kier molecular flexibility index (Phi) is 6.60. The molecule has 2 amide bonds. The Balaban J connectivity index is 1.49. The van der Waals surface area contributed by atoms with Crippen LogP contribution in [0.2, 0.25) is 0 Å². The second-order valence-electron chi connectivity index (χ2n) is 9.30. The number of aromatic nitrogens is 3. The number of fused-ring (bicyclic) bond motifs is 2. The molecule has 2 bridgehead atoms. The highest BCUT2D eigenvalue weighted by Gasteiger charge is 2.74. The molecule has 2 aromatic rings. The van der Waals surface area contributed by atoms with Crippen molar-refractivity contribution >= 4 is 40.6 Å². The Hall–Kier alpha value is -3.18. The van der Waals surface area contributed by atoms with Crippen molar-refractivity contribution in [1.82, 2.24) is 24.8 Å². The van der Waals surface area contributed by atoms with Crippen LogP contribution in [0.15, 0.2) is 49.6 Å². The molecule has 3 saturated heterocycles. The van der Waals surface area contributed by atoms with E-state index < -0.39 is 28.6 Å². The van der Waals surface area contributed by atoms with E-state index in [1.807, 2.05) is 24.3 Å². The Morgan fingerprint density at radius 3 is 2.86 bits per heavy atom. The summed E-state index contributed by atoms with van der Waals surface area (Å²) in [5, 5.41) is 18.1. The van der Waals surface area contributed by atoms with Crippen LogP contribution < -0.4 is 0 Å². The average molecular weight is 512 g/mol. The van der Waals surface area contributed by atoms with E-state index in [9.17, 15) is 19.5 Å². The SMILES string of the molecule is C=CCOC(=O)[C@@H]1[C@@H]2CCC3(S2)C(C(=O)N(CC=C)Cn2nnc4ccccc42)N(CCO)C(=O)[C@H]13. The molecule has 0 aliphatic carbocycles. The fourth-order valence-electron chi connectivity index (χ4n) is 6.02. The Bertz CT molecular complexity index is 1220. The molecular weight excluding hydrogens is 482 g/mol. The zero-order chi connectivity index (χ0) is 25.4. The lowest BCUT2D eigenvalue weighted by Crippen LogP contribution is -2.55. The van der Waals surface area contributed by atoms with Crippen molar-refractivity contribution in [3.05, 3.63) is 49.6 Å². The van der Waals surface area contributed by atoms with Gasteiger partial charge >= 0.3 is 5.97 Å². The topological polar surface area (TPSA) is 118 Å². The number of carbonyl (C=O) groups excluding carboxylic acids is 3. The van der Waals surface area contributed by atoms with E-state index >= 15 is 0 Å². The maximum absolute atomic E-state index is 14.2. The number of rotatable bonds is 10. The summed E-state index contributed by atoms with van der Waals surface area (Å²) in [6.07, 6.45) is 4.48. The quantitative estimate of drug-likeness (QED) is 0.374. The van der Waals surface area contributed by atoms with Gasteiger partial charge in [0.25, 0.3) is 0 Å². The summed E-state index contributed by atoms with van der Waals surface area (Å²) in [7, 11) is 0. The maximum Gasteiger partial charge on any atom is 0.311 e. The third kappa shape index (κ3) is 3.72. The summed E-state index contributed by atoms with van der Waals surface area (Å²) in [5.41, 5.74) is 1.50. The number of aliphatic hydroxyl groups is 1. The molecule has 1 spiro atoms. The predicted octanol–water partition coefficient (Wildman–Crippen LogP) is 1.22. The number of hydrogen-bond donors (Lipinski definition) is 1. The number of para-hydroxylation sites is 1. The molecule has 11 heteroatoms. The number of hydrogen-bond acceptors (Lipinski definition) is 8. The maximum atomic E-state index is 14.2. The van der Waals surface area contributed by atoms with Gasteiger partial charge in [0.05, 0.1) is 28.7 Å². The minimum absolute atomic E-state index is 0.0152. The zero-order valence-corrected chi connectivity index (χ0v) is 20.7. The molecule has 4 heterocycles. The van der Waals surface area contributed by atoms with Gasteiger partial charge in [-0.1, -0.05) is 36.1 Å². The van der Waals surface area contributed by atoms with Gasteiger partial charge in [0.2, 0.25) is 11.8 Å². The summed E-state index contributed by atoms with van der Waals surface area (Å²) < 4.78 is 6.24. The molecule has 190 valence electrons. The zero-order valence-electron chi connectivity index (χ0n) is 19.9. The molecule has 3 aliphatic heterocycles. The van der Waals surface area contributed by atoms with Crippen LogP contribution in [-0.2, 0) is 25.8 Å². The van der Waals surface area contributed by atoms with Gasteiger partial charge in [-0.25, -0.2) is 4.68 Å². The largest absolute Gasteiger partial charge is 0.461 e. The van der Waals surface area contributed by atoms with E-state index in [0.717, 1.165) is 5.52 Å². The van der Waals surface area contributed by atoms with E-state index in [0.29, 0.717) is 18.4 Å². The van der Waals surface area contributed by atoms with Crippen LogP contribution in [0.3, 0.4) is 0 Å². The minimum Gasteiger partial charge on any atom is -0.461 e. The third-order valence-electron chi connectivity index (χ3n) is 7.38. The molecule has 36 heavy (non-hydrogen) atoms. The molecule has 5 rings (SSSR count). The number of β-amino-alcohol motifs (C(OH)–C–C–N with tert-alkyl or cyclic N) is 1. The van der Waals surface area contributed by atoms with Crippen LogP contribution in [0.1, 0.15) is 12.8 Å². The number of likely N-dealkylation sites (tertiary alicyclic amines) is 1. The highest BCUT2D eigenvalue weighted by atomic mass is 32.2. The summed E-state index contributed by atoms with van der Waals surface area (Å²) in [6, 6.07) is 6.66. The number of aliphatic hydroxyl groups excluding tert-OH is 1. The fourth-order valence-corrected chi connectivity index (χ4v) is 8.22. The van der Waals surface area contributed by atoms with Gasteiger partial charge in [0.15, 0.2) is 0 Å². The van der Waals surface area contributed by atoms with Gasteiger partial charge in [-0.05, 0) is 25.0 Å². The van der Waals surface area contributed by atoms with Crippen molar-refractivity contribution in [2.75, 3.05) is 26.3 Å². The van der Waals surface area contributed by atoms with E-state index in [1.54, 1.807) is 27.4 Å². The van der Waals surface area contributed by atoms with Crippen LogP contribution in [0.25, 0.3) is 11.0 Å². The Morgan fingerprint density at radius 1 is 1.31 bits per heavy atom. The standard InChI is InChI=1S/C25H29N5O5S/c1-3-11-28(15-30-17-8-6-5-7-16(17)26-27-30)23(33)21-25-10-9-18(36-25)19(24(34)35-14-4-2)20(25)22(32)29(21)12-13-31/h3-8,18-21,31H,1-2,9-15H2/t18-,19+,20-,21?,25?/m0/s1. The van der Waals surface area contributed by atoms with Gasteiger partial charge in [-0.3, -0.25) is 14.4 Å². The molecule has 0 saturated carbocycles. The molecule has 0 radical (unpaired) electrons. The first kappa shape index (κ1) is 24.5. The first-order chi connectivity index (χ1) is 17.5. The van der Waals surface area contributed by atoms with Gasteiger partial charge < -0.3 is 19.6 Å². The summed E-state index contributed by atoms with van der Waals surface area (Å²) in [4.78, 5) is 43.9. The highest BCUT2D eigenvalue weighted by molar-refractivity contribution is 8.02. The van der Waals surface area contributed by atoms with E-state index in [1.165, 1.54) is 11.0 Å². The lowest BCUT2D eigenvalue weighted by Gasteiger charge is -2.37. The van der Waals surface area contributed by atoms with Crippen LogP contribution in [-0.4, -0.2) is 90.0 Å². The normalized spacial score (nSPS) is 28.4. The highest BCUT2D eigenvalue weighted by Crippen LogP contribution is 2.66. The smallest absolute Gasteiger partial charge is 0.311 e. The molecule has 5 atom stereocenters. The van der Waals surface area contributed by atoms with Crippen LogP contribution in [0.4, 0.5) is 0 Å². The average Bonchev–Trinajstić information content (AvgIpc) is 3.62. The second-order valence-corrected chi connectivity index (χ2v) is 10.9. The number of esters is 1. The number of benzene rings is 1. The van der Waals surface area contributed by atoms with Crippen molar-refractivity contribution in [2.24, 2.45) is 11.8 Å². The molecule has 1 N–H and O–H groups in total. The van der Waals surface area contributed by atoms with Crippen LogP contribution >= 0.6 is 11.8 Å². The number of amides is 2. The number of thioether (sulfide) groups is 1. The fraction of sp³-hybridized carbons (Fsp3) is 0.480. The van der Waals surface area contributed by atoms with E-state index in [2.05, 4.69) is 23.5 Å². The molecule has 2 unspecified atom stereocenters. The molecule has 3 aliphatic rings. The van der Waals surface area contributed by atoms with Crippen LogP contribution in [0, 0.1) is 11.8 Å². The van der Waals surface area contributed by atoms with Crippen LogP contribution in [0.5, 0.6) is 0 Å².